The van der Waals surface area contributed by atoms with Crippen LogP contribution in [0.2, 0.25) is 0 Å². The minimum Gasteiger partial charge on any atom is -0.459 e. The van der Waals surface area contributed by atoms with Gasteiger partial charge in [0, 0.05) is 12.8 Å². The number of aliphatic hydroxyl groups excluding tert-OH is 9. The van der Waals surface area contributed by atoms with Gasteiger partial charge in [-0.25, -0.2) is 0 Å². The van der Waals surface area contributed by atoms with Crippen molar-refractivity contribution in [3.05, 3.63) is 48.6 Å². The highest BCUT2D eigenvalue weighted by molar-refractivity contribution is 5.74. The van der Waals surface area contributed by atoms with E-state index in [1.807, 2.05) is 6.92 Å². The van der Waals surface area contributed by atoms with Crippen molar-refractivity contribution < 1.29 is 60.2 Å². The molecule has 0 bridgehead atoms. The van der Waals surface area contributed by atoms with E-state index in [1.165, 1.54) is 13.0 Å². The highest BCUT2D eigenvalue weighted by Crippen LogP contribution is 2.42. The normalized spacial score (nSPS) is 39.7. The van der Waals surface area contributed by atoms with Crippen LogP contribution in [0.4, 0.5) is 0 Å². The van der Waals surface area contributed by atoms with Gasteiger partial charge in [0.2, 0.25) is 0 Å². The second-order valence-corrected chi connectivity index (χ2v) is 13.2. The molecule has 13 atom stereocenters. The molecule has 1 fully saturated rings. The van der Waals surface area contributed by atoms with Crippen LogP contribution in [0, 0.1) is 5.92 Å². The van der Waals surface area contributed by atoms with Crippen molar-refractivity contribution in [2.75, 3.05) is 0 Å². The van der Waals surface area contributed by atoms with Crippen molar-refractivity contribution in [1.82, 2.24) is 0 Å². The van der Waals surface area contributed by atoms with Gasteiger partial charge in [0.1, 0.15) is 29.8 Å². The van der Waals surface area contributed by atoms with Gasteiger partial charge in [-0.05, 0) is 46.0 Å². The Balaban J connectivity index is 2.19. The second kappa shape index (κ2) is 20.5. The van der Waals surface area contributed by atoms with Gasteiger partial charge in [0.25, 0.3) is 0 Å². The first-order valence-corrected chi connectivity index (χ1v) is 16.9. The molecule has 2 heterocycles. The molecular weight excluding hydrogens is 612 g/mol. The van der Waals surface area contributed by atoms with Gasteiger partial charge in [-0.15, -0.1) is 0 Å². The molecule has 9 N–H and O–H groups in total. The first kappa shape index (κ1) is 41.2. The number of epoxide rings is 1. The summed E-state index contributed by atoms with van der Waals surface area (Å²) in [6.07, 6.45) is 2.39. The highest BCUT2D eigenvalue weighted by Gasteiger charge is 2.56. The number of ether oxygens (including phenoxy) is 2. The van der Waals surface area contributed by atoms with E-state index in [1.54, 1.807) is 49.5 Å². The first-order valence-electron chi connectivity index (χ1n) is 16.9. The Morgan fingerprint density at radius 1 is 0.745 bits per heavy atom. The van der Waals surface area contributed by atoms with Crippen molar-refractivity contribution in [3.8, 4) is 0 Å². The lowest BCUT2D eigenvalue weighted by Crippen LogP contribution is -2.43. The molecule has 270 valence electrons. The number of allylic oxidation sites excluding steroid dienone is 6. The molecule has 12 heteroatoms. The van der Waals surface area contributed by atoms with E-state index in [2.05, 4.69) is 0 Å². The van der Waals surface area contributed by atoms with Gasteiger partial charge in [-0.1, -0.05) is 74.8 Å². The zero-order chi connectivity index (χ0) is 35.1. The van der Waals surface area contributed by atoms with E-state index in [0.29, 0.717) is 6.42 Å². The van der Waals surface area contributed by atoms with Crippen LogP contribution >= 0.6 is 0 Å². The van der Waals surface area contributed by atoms with E-state index in [9.17, 15) is 50.8 Å². The lowest BCUT2D eigenvalue weighted by atomic mass is 9.87. The van der Waals surface area contributed by atoms with Crippen LogP contribution in [-0.4, -0.2) is 125 Å². The lowest BCUT2D eigenvalue weighted by molar-refractivity contribution is -0.168. The molecule has 0 amide bonds. The summed E-state index contributed by atoms with van der Waals surface area (Å²) >= 11 is 0. The van der Waals surface area contributed by atoms with Crippen molar-refractivity contribution in [2.24, 2.45) is 5.92 Å². The number of carbonyl (C=O) groups is 1. The minimum atomic E-state index is -1.53. The first-order chi connectivity index (χ1) is 22.2. The Morgan fingerprint density at radius 2 is 1.23 bits per heavy atom. The quantitative estimate of drug-likeness (QED) is 0.114. The van der Waals surface area contributed by atoms with Crippen LogP contribution in [0.15, 0.2) is 48.6 Å². The summed E-state index contributed by atoms with van der Waals surface area (Å²) in [5.41, 5.74) is -0.890. The van der Waals surface area contributed by atoms with Gasteiger partial charge >= 0.3 is 5.97 Å². The van der Waals surface area contributed by atoms with Crippen LogP contribution < -0.4 is 0 Å². The lowest BCUT2D eigenvalue weighted by Gasteiger charge is -2.29. The predicted octanol–water partition coefficient (Wildman–Crippen LogP) is 1.10. The molecule has 0 aromatic heterocycles. The molecule has 0 aliphatic carbocycles. The Kier molecular flexibility index (Phi) is 18.0. The standard InChI is InChI=1S/C35H58O12/c1-4-5-10-14-29(42)33-30(43)20-26(39)18-24(37)16-23(36)17-25(38)19-27(40)21-31(44)35(3)32(47-35)15-12-9-7-6-8-11-13-28(41)22(2)46-34(33)45/h6-9,11-13,15,22-33,36-44H,4-5,10,14,16-21H2,1-3H3. The smallest absolute Gasteiger partial charge is 0.314 e. The molecule has 0 aromatic rings. The van der Waals surface area contributed by atoms with Crippen LogP contribution in [0.1, 0.15) is 85.0 Å². The molecule has 12 nitrogen and oxygen atoms in total. The Morgan fingerprint density at radius 3 is 1.79 bits per heavy atom. The van der Waals surface area contributed by atoms with Crippen molar-refractivity contribution in [1.29, 1.82) is 0 Å². The molecule has 2 rings (SSSR count). The Hall–Kier alpha value is -1.97. The SMILES string of the molecule is CCCCCC(O)C1C(=O)OC(C)C(O)C=CC=CC=CC=CC2OC2(C)C(O)CC(O)CC(O)CC(O)CC(O)CC(O)CC1O. The number of fused-ring (bicyclic) bond motifs is 1. The molecule has 2 aliphatic heterocycles. The number of rotatable bonds is 5. The number of cyclic esters (lactones) is 1. The molecular formula is C35H58O12. The van der Waals surface area contributed by atoms with Crippen LogP contribution in [0.25, 0.3) is 0 Å². The van der Waals surface area contributed by atoms with E-state index in [4.69, 9.17) is 9.47 Å². The Labute approximate surface area is 278 Å². The van der Waals surface area contributed by atoms with Crippen molar-refractivity contribution >= 4 is 5.97 Å². The molecule has 0 spiro atoms. The molecule has 0 radical (unpaired) electrons. The van der Waals surface area contributed by atoms with E-state index >= 15 is 0 Å². The van der Waals surface area contributed by atoms with Gasteiger partial charge in [-0.3, -0.25) is 4.79 Å². The third-order valence-electron chi connectivity index (χ3n) is 8.87. The molecule has 13 unspecified atom stereocenters. The summed E-state index contributed by atoms with van der Waals surface area (Å²) in [5.74, 6) is -2.34. The number of hydrogen-bond acceptors (Lipinski definition) is 12. The monoisotopic (exact) mass is 670 g/mol. The summed E-state index contributed by atoms with van der Waals surface area (Å²) in [5, 5.41) is 95.3. The average Bonchev–Trinajstić information content (AvgIpc) is 3.64. The second-order valence-electron chi connectivity index (χ2n) is 13.2. The molecule has 0 aromatic carbocycles. The number of aliphatic hydroxyl groups is 9. The van der Waals surface area contributed by atoms with Crippen LogP contribution in [0.5, 0.6) is 0 Å². The summed E-state index contributed by atoms with van der Waals surface area (Å²) in [4.78, 5) is 13.2. The minimum absolute atomic E-state index is 0.0532. The maximum atomic E-state index is 13.2. The zero-order valence-electron chi connectivity index (χ0n) is 27.9. The van der Waals surface area contributed by atoms with Crippen LogP contribution in [0.3, 0.4) is 0 Å². The topological polar surface area (TPSA) is 221 Å². The Bertz CT molecular complexity index is 1030. The fourth-order valence-electron chi connectivity index (χ4n) is 5.83. The highest BCUT2D eigenvalue weighted by atomic mass is 16.6. The summed E-state index contributed by atoms with van der Waals surface area (Å²) < 4.78 is 11.1. The van der Waals surface area contributed by atoms with Gasteiger partial charge in [0.15, 0.2) is 0 Å². The largest absolute Gasteiger partial charge is 0.459 e. The number of unbranched alkanes of at least 4 members (excludes halogenated alkanes) is 2. The van der Waals surface area contributed by atoms with Gasteiger partial charge in [0.05, 0.1) is 48.8 Å². The van der Waals surface area contributed by atoms with E-state index in [0.717, 1.165) is 12.8 Å². The molecule has 2 aliphatic rings. The number of esters is 1. The summed E-state index contributed by atoms with van der Waals surface area (Å²) in [6.45, 7) is 5.19. The maximum Gasteiger partial charge on any atom is 0.314 e. The van der Waals surface area contributed by atoms with E-state index in [-0.39, 0.29) is 51.0 Å². The third-order valence-corrected chi connectivity index (χ3v) is 8.87. The fraction of sp³-hybridized carbons (Fsp3) is 0.743. The fourth-order valence-corrected chi connectivity index (χ4v) is 5.83. The molecule has 47 heavy (non-hydrogen) atoms. The number of hydrogen-bond donors (Lipinski definition) is 9. The van der Waals surface area contributed by atoms with Crippen molar-refractivity contribution in [2.45, 2.75) is 158 Å². The number of carbonyl (C=O) groups excluding carboxylic acids is 1. The van der Waals surface area contributed by atoms with Crippen LogP contribution in [-0.2, 0) is 14.3 Å². The molecule has 1 saturated heterocycles. The van der Waals surface area contributed by atoms with E-state index < -0.39 is 78.5 Å². The van der Waals surface area contributed by atoms with Crippen molar-refractivity contribution in [3.63, 3.8) is 0 Å². The summed E-state index contributed by atoms with van der Waals surface area (Å²) in [7, 11) is 0. The predicted molar refractivity (Wildman–Crippen MR) is 175 cm³/mol. The third kappa shape index (κ3) is 14.6. The maximum absolute atomic E-state index is 13.2. The zero-order valence-corrected chi connectivity index (χ0v) is 27.9. The molecule has 0 saturated carbocycles. The van der Waals surface area contributed by atoms with Gasteiger partial charge in [-0.2, -0.15) is 0 Å². The average molecular weight is 671 g/mol. The summed E-state index contributed by atoms with van der Waals surface area (Å²) in [6, 6.07) is 0. The van der Waals surface area contributed by atoms with Gasteiger partial charge < -0.3 is 55.4 Å².